The summed E-state index contributed by atoms with van der Waals surface area (Å²) >= 11 is 0. The molecule has 1 saturated heterocycles. The molecule has 3 aromatic rings. The molecule has 1 aromatic heterocycles. The van der Waals surface area contributed by atoms with Crippen LogP contribution in [0.25, 0.3) is 0 Å². The molecule has 0 radical (unpaired) electrons. The van der Waals surface area contributed by atoms with E-state index in [1.807, 2.05) is 54.6 Å². The maximum Gasteiger partial charge on any atom is 0.322 e. The fourth-order valence-corrected chi connectivity index (χ4v) is 4.70. The van der Waals surface area contributed by atoms with Gasteiger partial charge in [0.25, 0.3) is 5.91 Å². The van der Waals surface area contributed by atoms with E-state index in [1.54, 1.807) is 34.2 Å². The Labute approximate surface area is 179 Å². The molecule has 0 unspecified atom stereocenters. The summed E-state index contributed by atoms with van der Waals surface area (Å²) in [6, 6.07) is 21.3. The molecule has 2 aliphatic heterocycles. The van der Waals surface area contributed by atoms with E-state index in [-0.39, 0.29) is 36.5 Å². The molecule has 7 nitrogen and oxygen atoms in total. The number of aliphatic hydroxyl groups excluding tert-OH is 1. The number of aromatic nitrogens is 1. The van der Waals surface area contributed by atoms with Crippen molar-refractivity contribution in [1.82, 2.24) is 9.88 Å². The fraction of sp³-hybridized carbons (Fsp3) is 0.208. The monoisotopic (exact) mass is 414 g/mol. The van der Waals surface area contributed by atoms with Crippen molar-refractivity contribution < 1.29 is 14.7 Å². The van der Waals surface area contributed by atoms with Crippen LogP contribution in [0.1, 0.15) is 22.0 Å². The van der Waals surface area contributed by atoms with Crippen LogP contribution < -0.4 is 10.2 Å². The number of pyridine rings is 1. The summed E-state index contributed by atoms with van der Waals surface area (Å²) in [6.45, 7) is 0.196. The average Bonchev–Trinajstić information content (AvgIpc) is 2.80. The first-order valence-electron chi connectivity index (χ1n) is 10.3. The number of hydrogen-bond acceptors (Lipinski definition) is 4. The minimum absolute atomic E-state index is 0.0319. The maximum atomic E-state index is 13.3. The topological polar surface area (TPSA) is 85.8 Å². The molecular weight excluding hydrogens is 392 g/mol. The van der Waals surface area contributed by atoms with Crippen LogP contribution >= 0.6 is 0 Å². The number of fused-ring (bicyclic) bond motifs is 3. The zero-order valence-corrected chi connectivity index (χ0v) is 16.8. The Bertz CT molecular complexity index is 1110. The molecule has 2 aromatic carbocycles. The van der Waals surface area contributed by atoms with Gasteiger partial charge in [-0.15, -0.1) is 0 Å². The summed E-state index contributed by atoms with van der Waals surface area (Å²) in [5.41, 5.74) is 2.81. The highest BCUT2D eigenvalue weighted by atomic mass is 16.3. The van der Waals surface area contributed by atoms with E-state index in [0.717, 1.165) is 11.3 Å². The fourth-order valence-electron chi connectivity index (χ4n) is 4.70. The van der Waals surface area contributed by atoms with Gasteiger partial charge in [-0.25, -0.2) is 4.79 Å². The lowest BCUT2D eigenvalue weighted by molar-refractivity contribution is -0.00267. The van der Waals surface area contributed by atoms with E-state index in [2.05, 4.69) is 10.3 Å². The lowest BCUT2D eigenvalue weighted by atomic mass is 9.72. The van der Waals surface area contributed by atoms with E-state index < -0.39 is 0 Å². The smallest absolute Gasteiger partial charge is 0.322 e. The van der Waals surface area contributed by atoms with Crippen molar-refractivity contribution in [3.05, 3.63) is 90.3 Å². The first-order valence-corrected chi connectivity index (χ1v) is 10.3. The number of para-hydroxylation sites is 2. The number of aliphatic hydroxyl groups is 1. The van der Waals surface area contributed by atoms with Crippen molar-refractivity contribution in [2.45, 2.75) is 18.0 Å². The minimum atomic E-state index is -0.345. The summed E-state index contributed by atoms with van der Waals surface area (Å²) < 4.78 is 0. The van der Waals surface area contributed by atoms with Crippen molar-refractivity contribution in [1.29, 1.82) is 0 Å². The maximum absolute atomic E-state index is 13.3. The third kappa shape index (κ3) is 3.23. The summed E-state index contributed by atoms with van der Waals surface area (Å²) in [4.78, 5) is 33.9. The molecule has 0 bridgehead atoms. The molecule has 3 amide bonds. The van der Waals surface area contributed by atoms with Crippen LogP contribution in [0.3, 0.4) is 0 Å². The minimum Gasteiger partial charge on any atom is -0.394 e. The zero-order chi connectivity index (χ0) is 21.4. The molecule has 0 saturated carbocycles. The highest BCUT2D eigenvalue weighted by molar-refractivity contribution is 6.06. The van der Waals surface area contributed by atoms with E-state index in [9.17, 15) is 14.7 Å². The van der Waals surface area contributed by atoms with Crippen molar-refractivity contribution in [3.8, 4) is 0 Å². The van der Waals surface area contributed by atoms with Crippen molar-refractivity contribution >= 4 is 23.3 Å². The summed E-state index contributed by atoms with van der Waals surface area (Å²) in [5, 5.41) is 13.0. The van der Waals surface area contributed by atoms with E-state index in [1.165, 1.54) is 0 Å². The number of urea groups is 1. The zero-order valence-electron chi connectivity index (χ0n) is 16.8. The number of amides is 3. The lowest BCUT2D eigenvalue weighted by Gasteiger charge is -2.58. The third-order valence-electron chi connectivity index (χ3n) is 6.08. The summed E-state index contributed by atoms with van der Waals surface area (Å²) in [5.74, 6) is -0.238. The standard InChI is InChI=1S/C24H22N4O3/c29-15-21-22-17-10-4-5-12-19(17)27(23(30)18-11-6-7-13-25-18)14-20(22)28(21)24(31)26-16-8-2-1-3-9-16/h1-13,20-22,29H,14-15H2,(H,26,31)/t20-,21-,22+/m0/s1. The highest BCUT2D eigenvalue weighted by Crippen LogP contribution is 2.48. The van der Waals surface area contributed by atoms with Crippen LogP contribution in [-0.4, -0.2) is 52.2 Å². The Kier molecular flexibility index (Phi) is 4.88. The van der Waals surface area contributed by atoms with Gasteiger partial charge in [-0.2, -0.15) is 0 Å². The Morgan fingerprint density at radius 3 is 2.48 bits per heavy atom. The Balaban J connectivity index is 1.47. The number of carbonyl (C=O) groups excluding carboxylic acids is 2. The molecule has 3 heterocycles. The quantitative estimate of drug-likeness (QED) is 0.690. The molecule has 0 aliphatic carbocycles. The lowest BCUT2D eigenvalue weighted by Crippen LogP contribution is -2.71. The van der Waals surface area contributed by atoms with E-state index in [0.29, 0.717) is 17.9 Å². The predicted octanol–water partition coefficient (Wildman–Crippen LogP) is 3.10. The second kappa shape index (κ2) is 7.85. The van der Waals surface area contributed by atoms with Crippen LogP contribution in [0.15, 0.2) is 79.0 Å². The van der Waals surface area contributed by atoms with E-state index in [4.69, 9.17) is 0 Å². The van der Waals surface area contributed by atoms with Gasteiger partial charge in [-0.3, -0.25) is 9.78 Å². The molecule has 2 aliphatic rings. The molecule has 1 fully saturated rings. The second-order valence-corrected chi connectivity index (χ2v) is 7.74. The van der Waals surface area contributed by atoms with Gasteiger partial charge in [0.15, 0.2) is 0 Å². The third-order valence-corrected chi connectivity index (χ3v) is 6.08. The number of nitrogens with one attached hydrogen (secondary N) is 1. The average molecular weight is 414 g/mol. The van der Waals surface area contributed by atoms with Gasteiger partial charge in [0.05, 0.1) is 18.7 Å². The molecule has 7 heteroatoms. The van der Waals surface area contributed by atoms with Gasteiger partial charge in [0, 0.05) is 30.0 Å². The molecule has 0 spiro atoms. The Morgan fingerprint density at radius 1 is 1.00 bits per heavy atom. The number of anilines is 2. The SMILES string of the molecule is O=C(c1ccccn1)N1C[C@H]2[C@@H](c3ccccc31)[C@H](CO)N2C(=O)Nc1ccccc1. The van der Waals surface area contributed by atoms with Crippen molar-refractivity contribution in [3.63, 3.8) is 0 Å². The van der Waals surface area contributed by atoms with Crippen LogP contribution in [0.5, 0.6) is 0 Å². The number of carbonyl (C=O) groups is 2. The number of benzene rings is 2. The Morgan fingerprint density at radius 2 is 1.74 bits per heavy atom. The molecule has 31 heavy (non-hydrogen) atoms. The van der Waals surface area contributed by atoms with Crippen molar-refractivity contribution in [2.75, 3.05) is 23.4 Å². The van der Waals surface area contributed by atoms with Crippen LogP contribution in [-0.2, 0) is 0 Å². The molecule has 3 atom stereocenters. The van der Waals surface area contributed by atoms with Gasteiger partial charge < -0.3 is 20.2 Å². The number of hydrogen-bond donors (Lipinski definition) is 2. The van der Waals surface area contributed by atoms with Gasteiger partial charge in [-0.05, 0) is 35.9 Å². The van der Waals surface area contributed by atoms with Crippen LogP contribution in [0.2, 0.25) is 0 Å². The number of likely N-dealkylation sites (tertiary alicyclic amines) is 1. The van der Waals surface area contributed by atoms with E-state index >= 15 is 0 Å². The second-order valence-electron chi connectivity index (χ2n) is 7.74. The first kappa shape index (κ1) is 19.3. The molecule has 2 N–H and O–H groups in total. The van der Waals surface area contributed by atoms with Gasteiger partial charge in [0.1, 0.15) is 5.69 Å². The Hall–Kier alpha value is -3.71. The van der Waals surface area contributed by atoms with Gasteiger partial charge >= 0.3 is 6.03 Å². The van der Waals surface area contributed by atoms with Gasteiger partial charge in [0.2, 0.25) is 0 Å². The number of rotatable bonds is 3. The normalized spacial score (nSPS) is 21.5. The summed E-state index contributed by atoms with van der Waals surface area (Å²) in [6.07, 6.45) is 1.59. The molecular formula is C24H22N4O3. The first-order chi connectivity index (χ1) is 15.2. The van der Waals surface area contributed by atoms with Crippen molar-refractivity contribution in [2.24, 2.45) is 0 Å². The summed E-state index contributed by atoms with van der Waals surface area (Å²) in [7, 11) is 0. The van der Waals surface area contributed by atoms with Crippen LogP contribution in [0, 0.1) is 0 Å². The predicted molar refractivity (Wildman–Crippen MR) is 117 cm³/mol. The molecule has 156 valence electrons. The number of nitrogens with zero attached hydrogens (tertiary/aromatic N) is 3. The largest absolute Gasteiger partial charge is 0.394 e. The van der Waals surface area contributed by atoms with Crippen LogP contribution in [0.4, 0.5) is 16.2 Å². The highest BCUT2D eigenvalue weighted by Gasteiger charge is 2.55. The van der Waals surface area contributed by atoms with Gasteiger partial charge in [-0.1, -0.05) is 42.5 Å². The molecule has 5 rings (SSSR count).